The fraction of sp³-hybridized carbons (Fsp3) is 0.857. The average molecular weight is 288 g/mol. The Bertz CT molecular complexity index is 337. The lowest BCUT2D eigenvalue weighted by molar-refractivity contribution is -0.305. The van der Waals surface area contributed by atoms with Crippen molar-refractivity contribution in [2.45, 2.75) is 51.5 Å². The molecular weight excluding hydrogens is 260 g/mol. The minimum Gasteiger partial charge on any atom is -0.384 e. The average Bonchev–Trinajstić information content (AvgIpc) is 2.28. The van der Waals surface area contributed by atoms with Gasteiger partial charge in [-0.3, -0.25) is 0 Å². The molecule has 0 saturated carbocycles. The van der Waals surface area contributed by atoms with Crippen molar-refractivity contribution in [3.8, 4) is 0 Å². The first-order valence-electron chi connectivity index (χ1n) is 6.78. The van der Waals surface area contributed by atoms with E-state index < -0.39 is 20.0 Å². The smallest absolute Gasteiger partial charge is 0.219 e. The third kappa shape index (κ3) is 3.47. The largest absolute Gasteiger partial charge is 0.384 e. The normalized spacial score (nSPS) is 37.5. The van der Waals surface area contributed by atoms with Crippen LogP contribution in [0, 0.1) is 5.92 Å². The SMILES string of the molecule is CO[C@@H]1[C@@H](O)[C@](OC)(/C(C)=C/[Si](C)(C)C)OC[C@@H]1C. The van der Waals surface area contributed by atoms with Crippen LogP contribution in [0.2, 0.25) is 19.6 Å². The number of ether oxygens (including phenoxy) is 3. The first kappa shape index (κ1) is 16.9. The van der Waals surface area contributed by atoms with Crippen LogP contribution in [0.4, 0.5) is 0 Å². The molecule has 1 saturated heterocycles. The predicted molar refractivity (Wildman–Crippen MR) is 78.8 cm³/mol. The minimum atomic E-state index is -1.42. The summed E-state index contributed by atoms with van der Waals surface area (Å²) in [4.78, 5) is 0. The summed E-state index contributed by atoms with van der Waals surface area (Å²) >= 11 is 0. The molecular formula is C14H28O4Si. The van der Waals surface area contributed by atoms with E-state index in [1.807, 2.05) is 13.8 Å². The lowest BCUT2D eigenvalue weighted by atomic mass is 9.88. The maximum absolute atomic E-state index is 10.6. The van der Waals surface area contributed by atoms with Crippen molar-refractivity contribution in [2.24, 2.45) is 5.92 Å². The van der Waals surface area contributed by atoms with E-state index in [0.29, 0.717) is 6.61 Å². The molecule has 4 atom stereocenters. The summed E-state index contributed by atoms with van der Waals surface area (Å²) in [5, 5.41) is 10.6. The topological polar surface area (TPSA) is 47.9 Å². The van der Waals surface area contributed by atoms with Crippen LogP contribution >= 0.6 is 0 Å². The molecule has 0 unspecified atom stereocenters. The van der Waals surface area contributed by atoms with E-state index in [-0.39, 0.29) is 12.0 Å². The van der Waals surface area contributed by atoms with Gasteiger partial charge in [0.15, 0.2) is 0 Å². The van der Waals surface area contributed by atoms with Gasteiger partial charge in [-0.15, -0.1) is 0 Å². The van der Waals surface area contributed by atoms with Crippen molar-refractivity contribution in [1.82, 2.24) is 0 Å². The second kappa shape index (κ2) is 6.05. The zero-order chi connectivity index (χ0) is 14.8. The lowest BCUT2D eigenvalue weighted by Gasteiger charge is -2.47. The molecule has 0 spiro atoms. The van der Waals surface area contributed by atoms with E-state index in [0.717, 1.165) is 5.57 Å². The van der Waals surface area contributed by atoms with Gasteiger partial charge in [0.1, 0.15) is 6.10 Å². The molecule has 0 bridgehead atoms. The van der Waals surface area contributed by atoms with Gasteiger partial charge in [-0.1, -0.05) is 32.3 Å². The Kier molecular flexibility index (Phi) is 5.37. The van der Waals surface area contributed by atoms with Gasteiger partial charge in [0, 0.05) is 20.1 Å². The molecule has 1 heterocycles. The van der Waals surface area contributed by atoms with Crippen molar-refractivity contribution in [3.05, 3.63) is 11.3 Å². The van der Waals surface area contributed by atoms with Crippen LogP contribution in [0.25, 0.3) is 0 Å². The molecule has 5 heteroatoms. The van der Waals surface area contributed by atoms with E-state index in [2.05, 4.69) is 25.3 Å². The van der Waals surface area contributed by atoms with Gasteiger partial charge in [-0.05, 0) is 12.5 Å². The van der Waals surface area contributed by atoms with E-state index in [1.165, 1.54) is 0 Å². The first-order valence-corrected chi connectivity index (χ1v) is 10.4. The highest BCUT2D eigenvalue weighted by atomic mass is 28.3. The van der Waals surface area contributed by atoms with Crippen LogP contribution in [0.15, 0.2) is 11.3 Å². The fourth-order valence-electron chi connectivity index (χ4n) is 2.76. The van der Waals surface area contributed by atoms with Gasteiger partial charge in [0.05, 0.1) is 20.8 Å². The van der Waals surface area contributed by atoms with Crippen LogP contribution in [0.1, 0.15) is 13.8 Å². The number of hydrogen-bond acceptors (Lipinski definition) is 4. The summed E-state index contributed by atoms with van der Waals surface area (Å²) in [6.07, 6.45) is -1.10. The number of methoxy groups -OCH3 is 2. The van der Waals surface area contributed by atoms with Crippen LogP contribution in [0.3, 0.4) is 0 Å². The quantitative estimate of drug-likeness (QED) is 0.806. The Balaban J connectivity index is 3.13. The first-order chi connectivity index (χ1) is 8.68. The summed E-state index contributed by atoms with van der Waals surface area (Å²) in [5.41, 5.74) is 3.15. The Morgan fingerprint density at radius 3 is 2.37 bits per heavy atom. The van der Waals surface area contributed by atoms with Crippen LogP contribution in [0.5, 0.6) is 0 Å². The summed E-state index contributed by atoms with van der Waals surface area (Å²) < 4.78 is 16.9. The van der Waals surface area contributed by atoms with Gasteiger partial charge in [0.2, 0.25) is 5.79 Å². The van der Waals surface area contributed by atoms with Gasteiger partial charge in [0.25, 0.3) is 0 Å². The van der Waals surface area contributed by atoms with Crippen LogP contribution in [-0.2, 0) is 14.2 Å². The van der Waals surface area contributed by atoms with Gasteiger partial charge in [-0.25, -0.2) is 0 Å². The van der Waals surface area contributed by atoms with Crippen molar-refractivity contribution in [1.29, 1.82) is 0 Å². The molecule has 1 aliphatic heterocycles. The number of hydrogen-bond donors (Lipinski definition) is 1. The highest BCUT2D eigenvalue weighted by Gasteiger charge is 2.51. The molecule has 0 radical (unpaired) electrons. The standard InChI is InChI=1S/C14H28O4Si/c1-10-8-18-14(17-4,13(15)12(10)16-3)11(2)9-19(5,6)7/h9-10,12-13,15H,8H2,1-7H3/b11-9+/t10-,12-,13+,14-/m0/s1. The number of aliphatic hydroxyl groups excluding tert-OH is 1. The molecule has 1 fully saturated rings. The number of aliphatic hydroxyl groups is 1. The van der Waals surface area contributed by atoms with Crippen molar-refractivity contribution in [2.75, 3.05) is 20.8 Å². The second-order valence-electron chi connectivity index (χ2n) is 6.50. The highest BCUT2D eigenvalue weighted by molar-refractivity contribution is 6.81. The summed E-state index contributed by atoms with van der Waals surface area (Å²) in [5.74, 6) is -0.934. The Hall–Kier alpha value is -0.203. The van der Waals surface area contributed by atoms with E-state index in [9.17, 15) is 5.11 Å². The maximum Gasteiger partial charge on any atom is 0.219 e. The Labute approximate surface area is 117 Å². The maximum atomic E-state index is 10.6. The lowest BCUT2D eigenvalue weighted by Crippen LogP contribution is -2.60. The monoisotopic (exact) mass is 288 g/mol. The van der Waals surface area contributed by atoms with Gasteiger partial charge in [-0.2, -0.15) is 0 Å². The predicted octanol–water partition coefficient (Wildman–Crippen LogP) is 2.20. The van der Waals surface area contributed by atoms with Gasteiger partial charge < -0.3 is 19.3 Å². The second-order valence-corrected chi connectivity index (χ2v) is 11.5. The van der Waals surface area contributed by atoms with Crippen molar-refractivity contribution < 1.29 is 19.3 Å². The number of rotatable bonds is 4. The Morgan fingerprint density at radius 1 is 1.37 bits per heavy atom. The third-order valence-electron chi connectivity index (χ3n) is 3.60. The van der Waals surface area contributed by atoms with E-state index >= 15 is 0 Å². The summed E-state index contributed by atoms with van der Waals surface area (Å²) in [7, 11) is 1.78. The van der Waals surface area contributed by atoms with Crippen LogP contribution in [-0.4, -0.2) is 52.0 Å². The molecule has 19 heavy (non-hydrogen) atoms. The fourth-order valence-corrected chi connectivity index (χ4v) is 4.26. The molecule has 0 aromatic carbocycles. The summed E-state index contributed by atoms with van der Waals surface area (Å²) in [6, 6.07) is 0. The minimum absolute atomic E-state index is 0.142. The zero-order valence-corrected chi connectivity index (χ0v) is 14.2. The Morgan fingerprint density at radius 2 is 1.95 bits per heavy atom. The molecule has 1 N–H and O–H groups in total. The summed E-state index contributed by atoms with van der Waals surface area (Å²) in [6.45, 7) is 11.2. The van der Waals surface area contributed by atoms with E-state index in [4.69, 9.17) is 14.2 Å². The molecule has 0 aromatic rings. The highest BCUT2D eigenvalue weighted by Crippen LogP contribution is 2.37. The van der Waals surface area contributed by atoms with E-state index in [1.54, 1.807) is 14.2 Å². The molecule has 0 aromatic heterocycles. The molecule has 1 aliphatic rings. The third-order valence-corrected chi connectivity index (χ3v) is 4.90. The van der Waals surface area contributed by atoms with Crippen molar-refractivity contribution in [3.63, 3.8) is 0 Å². The molecule has 112 valence electrons. The molecule has 4 nitrogen and oxygen atoms in total. The molecule has 0 amide bonds. The van der Waals surface area contributed by atoms with Gasteiger partial charge >= 0.3 is 0 Å². The van der Waals surface area contributed by atoms with Crippen LogP contribution < -0.4 is 0 Å². The molecule has 1 rings (SSSR count). The molecule has 0 aliphatic carbocycles. The zero-order valence-electron chi connectivity index (χ0n) is 13.2. The van der Waals surface area contributed by atoms with Crippen molar-refractivity contribution >= 4 is 8.07 Å².